The van der Waals surface area contributed by atoms with Gasteiger partial charge in [-0.2, -0.15) is 26.3 Å². The van der Waals surface area contributed by atoms with Crippen molar-refractivity contribution >= 4 is 22.1 Å². The van der Waals surface area contributed by atoms with Crippen LogP contribution >= 0.6 is 0 Å². The third-order valence-corrected chi connectivity index (χ3v) is 8.55. The fraction of sp³-hybridized carbons (Fsp3) is 0.667. The second kappa shape index (κ2) is 9.91. The Kier molecular flexibility index (Phi) is 7.52. The Morgan fingerprint density at radius 3 is 2.10 bits per heavy atom. The molecule has 4 aliphatic carbocycles. The largest absolute Gasteiger partial charge is 0.743 e. The monoisotopic (exact) mass is 587 g/mol. The highest BCUT2D eigenvalue weighted by Gasteiger charge is 2.65. The molecule has 0 heterocycles. The number of halogens is 6. The molecule has 4 aliphatic rings. The van der Waals surface area contributed by atoms with Crippen LogP contribution in [0.3, 0.4) is 0 Å². The van der Waals surface area contributed by atoms with E-state index in [0.717, 1.165) is 0 Å². The number of carbonyl (C=O) groups excluding carboxylic acids is 2. The van der Waals surface area contributed by atoms with Crippen LogP contribution in [0.1, 0.15) is 50.5 Å². The number of carbonyl (C=O) groups is 2. The lowest BCUT2D eigenvalue weighted by atomic mass is 9.48. The lowest BCUT2D eigenvalue weighted by Gasteiger charge is -2.60. The van der Waals surface area contributed by atoms with Crippen molar-refractivity contribution in [3.63, 3.8) is 0 Å². The summed E-state index contributed by atoms with van der Waals surface area (Å²) in [5, 5.41) is -5.92. The first-order chi connectivity index (χ1) is 17.9. The zero-order valence-electron chi connectivity index (χ0n) is 20.3. The molecule has 0 amide bonds. The van der Waals surface area contributed by atoms with E-state index in [4.69, 9.17) is 14.2 Å². The summed E-state index contributed by atoms with van der Waals surface area (Å²) in [5.41, 5.74) is -2.60. The van der Waals surface area contributed by atoms with E-state index >= 15 is 0 Å². The molecular weight excluding hydrogens is 562 g/mol. The van der Waals surface area contributed by atoms with Crippen molar-refractivity contribution in [1.29, 1.82) is 0 Å². The topological polar surface area (TPSA) is 119 Å². The average molecular weight is 588 g/mol. The normalized spacial score (nSPS) is 28.8. The summed E-state index contributed by atoms with van der Waals surface area (Å²) in [4.78, 5) is 25.1. The van der Waals surface area contributed by atoms with Crippen LogP contribution < -0.4 is 0 Å². The van der Waals surface area contributed by atoms with Gasteiger partial charge in [-0.25, -0.2) is 13.2 Å². The van der Waals surface area contributed by atoms with Crippen LogP contribution in [0.25, 0.3) is 0 Å². The smallest absolute Gasteiger partial charge is 0.456 e. The first kappa shape index (κ1) is 29.6. The molecule has 8 nitrogen and oxygen atoms in total. The maximum Gasteiger partial charge on any atom is 0.456 e. The third kappa shape index (κ3) is 5.75. The minimum absolute atomic E-state index is 0.103. The van der Waals surface area contributed by atoms with E-state index < -0.39 is 70.0 Å². The van der Waals surface area contributed by atoms with Gasteiger partial charge in [0.1, 0.15) is 6.61 Å². The van der Waals surface area contributed by atoms with Crippen molar-refractivity contribution in [2.45, 2.75) is 74.4 Å². The molecule has 0 spiro atoms. The average Bonchev–Trinajstić information content (AvgIpc) is 2.80. The second-order valence-corrected chi connectivity index (χ2v) is 12.1. The molecule has 2 atom stereocenters. The number of esters is 2. The molecule has 0 saturated heterocycles. The standard InChI is InChI=1S/C24H26F6O8S/c25-22(26,24(29,30)39(33,34)35)6-7-36-18(31)20-9-16-8-17(10-20)12-21(11-16,14-20)38-23(27,28)19(32)37-13-15-4-2-1-3-5-15/h1-5,16-17H,6-14H2,(H,33,34,35)/p-1. The summed E-state index contributed by atoms with van der Waals surface area (Å²) in [6.07, 6.45) is -5.55. The van der Waals surface area contributed by atoms with Crippen molar-refractivity contribution in [3.8, 4) is 0 Å². The minimum Gasteiger partial charge on any atom is -0.743 e. The first-order valence-electron chi connectivity index (χ1n) is 12.1. The van der Waals surface area contributed by atoms with Gasteiger partial charge in [-0.1, -0.05) is 30.3 Å². The third-order valence-electron chi connectivity index (χ3n) is 7.62. The summed E-state index contributed by atoms with van der Waals surface area (Å²) >= 11 is 0. The van der Waals surface area contributed by atoms with Crippen LogP contribution in [-0.2, 0) is 40.5 Å². The molecule has 4 fully saturated rings. The van der Waals surface area contributed by atoms with E-state index in [1.54, 1.807) is 30.3 Å². The molecule has 4 bridgehead atoms. The van der Waals surface area contributed by atoms with Crippen molar-refractivity contribution in [2.24, 2.45) is 17.3 Å². The molecule has 4 saturated carbocycles. The SMILES string of the molecule is O=C(OCCC(F)(F)C(F)(F)S(=O)(=O)[O-])C12CC3CC(CC(OC(F)(F)C(=O)OCc4ccccc4)(C3)C1)C2. The van der Waals surface area contributed by atoms with Gasteiger partial charge in [-0.15, -0.1) is 0 Å². The van der Waals surface area contributed by atoms with Gasteiger partial charge in [0.2, 0.25) is 0 Å². The fourth-order valence-corrected chi connectivity index (χ4v) is 6.88. The second-order valence-electron chi connectivity index (χ2n) is 10.7. The predicted molar refractivity (Wildman–Crippen MR) is 117 cm³/mol. The van der Waals surface area contributed by atoms with Crippen LogP contribution in [0.2, 0.25) is 0 Å². The van der Waals surface area contributed by atoms with E-state index in [2.05, 4.69) is 0 Å². The molecule has 0 aliphatic heterocycles. The van der Waals surface area contributed by atoms with Crippen LogP contribution in [0.15, 0.2) is 30.3 Å². The first-order valence-corrected chi connectivity index (χ1v) is 13.5. The van der Waals surface area contributed by atoms with Gasteiger partial charge < -0.3 is 18.8 Å². The summed E-state index contributed by atoms with van der Waals surface area (Å²) in [5.74, 6) is -8.92. The molecule has 1 aromatic carbocycles. The molecular formula is C24H25F6O8S-. The van der Waals surface area contributed by atoms with Gasteiger partial charge in [0.05, 0.1) is 24.0 Å². The quantitative estimate of drug-likeness (QED) is 0.213. The van der Waals surface area contributed by atoms with Crippen LogP contribution in [0.4, 0.5) is 26.3 Å². The zero-order chi connectivity index (χ0) is 28.9. The van der Waals surface area contributed by atoms with E-state index in [1.807, 2.05) is 0 Å². The Morgan fingerprint density at radius 1 is 0.949 bits per heavy atom. The molecule has 39 heavy (non-hydrogen) atoms. The van der Waals surface area contributed by atoms with Crippen LogP contribution in [0, 0.1) is 17.3 Å². The number of rotatable bonds is 11. The molecule has 0 radical (unpaired) electrons. The molecule has 0 N–H and O–H groups in total. The zero-order valence-corrected chi connectivity index (χ0v) is 21.2. The fourth-order valence-electron chi connectivity index (χ4n) is 6.41. The molecule has 5 rings (SSSR count). The van der Waals surface area contributed by atoms with Gasteiger partial charge in [0.15, 0.2) is 10.1 Å². The Hall–Kier alpha value is -2.39. The molecule has 1 aromatic rings. The van der Waals surface area contributed by atoms with E-state index in [9.17, 15) is 48.9 Å². The highest BCUT2D eigenvalue weighted by molar-refractivity contribution is 7.86. The summed E-state index contributed by atoms with van der Waals surface area (Å²) in [6, 6.07) is 8.08. The molecule has 15 heteroatoms. The molecule has 0 aromatic heterocycles. The number of alkyl halides is 6. The Bertz CT molecular complexity index is 1190. The van der Waals surface area contributed by atoms with Gasteiger partial charge >= 0.3 is 29.2 Å². The summed E-state index contributed by atoms with van der Waals surface area (Å²) in [6.45, 7) is -1.77. The van der Waals surface area contributed by atoms with Crippen LogP contribution in [-0.4, -0.2) is 54.4 Å². The molecule has 2 unspecified atom stereocenters. The summed E-state index contributed by atoms with van der Waals surface area (Å²) < 4.78 is 130. The lowest BCUT2D eigenvalue weighted by Crippen LogP contribution is -2.61. The highest BCUT2D eigenvalue weighted by atomic mass is 32.2. The minimum atomic E-state index is -6.70. The van der Waals surface area contributed by atoms with Gasteiger partial charge in [0, 0.05) is 0 Å². The van der Waals surface area contributed by atoms with Crippen LogP contribution in [0.5, 0.6) is 0 Å². The van der Waals surface area contributed by atoms with Gasteiger partial charge in [0.25, 0.3) is 0 Å². The number of ether oxygens (including phenoxy) is 3. The maximum absolute atomic E-state index is 14.9. The highest BCUT2D eigenvalue weighted by Crippen LogP contribution is 2.64. The predicted octanol–water partition coefficient (Wildman–Crippen LogP) is 4.38. The van der Waals surface area contributed by atoms with E-state index in [0.29, 0.717) is 12.0 Å². The van der Waals surface area contributed by atoms with E-state index in [-0.39, 0.29) is 43.9 Å². The Labute approximate surface area is 219 Å². The summed E-state index contributed by atoms with van der Waals surface area (Å²) in [7, 11) is -6.70. The van der Waals surface area contributed by atoms with Crippen molar-refractivity contribution in [1.82, 2.24) is 0 Å². The van der Waals surface area contributed by atoms with Crippen molar-refractivity contribution in [3.05, 3.63) is 35.9 Å². The maximum atomic E-state index is 14.9. The van der Waals surface area contributed by atoms with Gasteiger partial charge in [-0.05, 0) is 55.9 Å². The number of benzene rings is 1. The number of hydrogen-bond acceptors (Lipinski definition) is 8. The number of hydrogen-bond donors (Lipinski definition) is 0. The van der Waals surface area contributed by atoms with Gasteiger partial charge in [-0.3, -0.25) is 4.79 Å². The van der Waals surface area contributed by atoms with E-state index in [1.165, 1.54) is 0 Å². The molecule has 218 valence electrons. The van der Waals surface area contributed by atoms with Crippen molar-refractivity contribution < 1.29 is 63.1 Å². The Balaban J connectivity index is 1.42. The lowest BCUT2D eigenvalue weighted by molar-refractivity contribution is -0.324. The van der Waals surface area contributed by atoms with Crippen molar-refractivity contribution in [2.75, 3.05) is 6.61 Å². The Morgan fingerprint density at radius 2 is 1.54 bits per heavy atom.